The van der Waals surface area contributed by atoms with E-state index in [9.17, 15) is 4.79 Å². The zero-order valence-electron chi connectivity index (χ0n) is 12.8. The van der Waals surface area contributed by atoms with Gasteiger partial charge >= 0.3 is 6.09 Å². The standard InChI is InChI=1S/C16H24N2O2/c1-12-8-9-17-13(11-12)14-7-5-6-10-18(14)15(19)20-16(2,3)4/h8-9,11,14H,5-7,10H2,1-4H3/t14-/m1/s1. The second kappa shape index (κ2) is 5.81. The van der Waals surface area contributed by atoms with Gasteiger partial charge in [0.05, 0.1) is 11.7 Å². The molecule has 0 aliphatic carbocycles. The molecule has 110 valence electrons. The van der Waals surface area contributed by atoms with Crippen LogP contribution in [0.1, 0.15) is 57.3 Å². The van der Waals surface area contributed by atoms with Crippen LogP contribution < -0.4 is 0 Å². The van der Waals surface area contributed by atoms with E-state index in [1.54, 1.807) is 0 Å². The molecule has 0 bridgehead atoms. The molecule has 0 saturated carbocycles. The lowest BCUT2D eigenvalue weighted by Crippen LogP contribution is -2.42. The van der Waals surface area contributed by atoms with Crippen LogP contribution in [0.25, 0.3) is 0 Å². The lowest BCUT2D eigenvalue weighted by Gasteiger charge is -2.36. The minimum absolute atomic E-state index is 0.0403. The fourth-order valence-corrected chi connectivity index (χ4v) is 2.52. The van der Waals surface area contributed by atoms with Crippen LogP contribution >= 0.6 is 0 Å². The fraction of sp³-hybridized carbons (Fsp3) is 0.625. The second-order valence-corrected chi connectivity index (χ2v) is 6.44. The Morgan fingerprint density at radius 3 is 2.80 bits per heavy atom. The highest BCUT2D eigenvalue weighted by Gasteiger charge is 2.32. The van der Waals surface area contributed by atoms with Gasteiger partial charge in [0.25, 0.3) is 0 Å². The number of aryl methyl sites for hydroxylation is 1. The van der Waals surface area contributed by atoms with E-state index in [1.165, 1.54) is 5.56 Å². The highest BCUT2D eigenvalue weighted by atomic mass is 16.6. The van der Waals surface area contributed by atoms with Gasteiger partial charge in [-0.2, -0.15) is 0 Å². The first-order chi connectivity index (χ1) is 9.37. The van der Waals surface area contributed by atoms with Crippen molar-refractivity contribution in [3.05, 3.63) is 29.6 Å². The molecule has 0 aromatic carbocycles. The van der Waals surface area contributed by atoms with E-state index in [4.69, 9.17) is 4.74 Å². The van der Waals surface area contributed by atoms with Crippen LogP contribution in [0.15, 0.2) is 18.3 Å². The molecule has 1 atom stereocenters. The maximum atomic E-state index is 12.4. The van der Waals surface area contributed by atoms with Gasteiger partial charge in [-0.25, -0.2) is 4.79 Å². The molecule has 2 heterocycles. The summed E-state index contributed by atoms with van der Waals surface area (Å²) in [5.74, 6) is 0. The summed E-state index contributed by atoms with van der Waals surface area (Å²) < 4.78 is 5.52. The van der Waals surface area contributed by atoms with Crippen LogP contribution in [0.2, 0.25) is 0 Å². The number of ether oxygens (including phenoxy) is 1. The number of nitrogens with zero attached hydrogens (tertiary/aromatic N) is 2. The molecule has 1 saturated heterocycles. The second-order valence-electron chi connectivity index (χ2n) is 6.44. The van der Waals surface area contributed by atoms with Crippen molar-refractivity contribution in [2.24, 2.45) is 0 Å². The zero-order valence-corrected chi connectivity index (χ0v) is 12.8. The molecule has 0 radical (unpaired) electrons. The number of aromatic nitrogens is 1. The van der Waals surface area contributed by atoms with Gasteiger partial charge in [0, 0.05) is 12.7 Å². The van der Waals surface area contributed by atoms with Gasteiger partial charge in [-0.05, 0) is 64.7 Å². The smallest absolute Gasteiger partial charge is 0.410 e. The monoisotopic (exact) mass is 276 g/mol. The first-order valence-electron chi connectivity index (χ1n) is 7.29. The van der Waals surface area contributed by atoms with Crippen LogP contribution in [0.3, 0.4) is 0 Å². The van der Waals surface area contributed by atoms with E-state index in [2.05, 4.69) is 11.1 Å². The summed E-state index contributed by atoms with van der Waals surface area (Å²) in [5, 5.41) is 0. The summed E-state index contributed by atoms with van der Waals surface area (Å²) in [5.41, 5.74) is 1.68. The Labute approximate surface area is 121 Å². The number of hydrogen-bond acceptors (Lipinski definition) is 3. The molecule has 4 nitrogen and oxygen atoms in total. The molecule has 0 spiro atoms. The van der Waals surface area contributed by atoms with Gasteiger partial charge in [0.1, 0.15) is 5.60 Å². The van der Waals surface area contributed by atoms with Crippen LogP contribution in [0, 0.1) is 6.92 Å². The molecule has 2 rings (SSSR count). The molecule has 1 fully saturated rings. The minimum Gasteiger partial charge on any atom is -0.444 e. The molecule has 0 N–H and O–H groups in total. The normalized spacial score (nSPS) is 19.8. The molecule has 4 heteroatoms. The quantitative estimate of drug-likeness (QED) is 0.782. The predicted molar refractivity (Wildman–Crippen MR) is 78.5 cm³/mol. The zero-order chi connectivity index (χ0) is 14.8. The van der Waals surface area contributed by atoms with Gasteiger partial charge in [-0.1, -0.05) is 0 Å². The van der Waals surface area contributed by atoms with Crippen molar-refractivity contribution in [1.29, 1.82) is 0 Å². The van der Waals surface area contributed by atoms with Gasteiger partial charge in [0.2, 0.25) is 0 Å². The maximum Gasteiger partial charge on any atom is 0.410 e. The first kappa shape index (κ1) is 14.8. The number of hydrogen-bond donors (Lipinski definition) is 0. The molecule has 1 aliphatic rings. The van der Waals surface area contributed by atoms with Crippen molar-refractivity contribution in [2.45, 2.75) is 58.6 Å². The number of likely N-dealkylation sites (tertiary alicyclic amines) is 1. The lowest BCUT2D eigenvalue weighted by molar-refractivity contribution is 0.00899. The lowest BCUT2D eigenvalue weighted by atomic mass is 9.98. The molecule has 1 aromatic rings. The Morgan fingerprint density at radius 2 is 2.15 bits per heavy atom. The molecular weight excluding hydrogens is 252 g/mol. The van der Waals surface area contributed by atoms with Crippen molar-refractivity contribution >= 4 is 6.09 Å². The average Bonchev–Trinajstić information content (AvgIpc) is 2.37. The maximum absolute atomic E-state index is 12.4. The van der Waals surface area contributed by atoms with E-state index in [-0.39, 0.29) is 12.1 Å². The Morgan fingerprint density at radius 1 is 1.40 bits per heavy atom. The molecule has 20 heavy (non-hydrogen) atoms. The number of carbonyl (C=O) groups is 1. The molecular formula is C16H24N2O2. The van der Waals surface area contributed by atoms with Crippen LogP contribution in [0.4, 0.5) is 4.79 Å². The number of carbonyl (C=O) groups excluding carboxylic acids is 1. The third kappa shape index (κ3) is 3.71. The predicted octanol–water partition coefficient (Wildman–Crippen LogP) is 3.85. The highest BCUT2D eigenvalue weighted by molar-refractivity contribution is 5.69. The van der Waals surface area contributed by atoms with E-state index in [1.807, 2.05) is 44.9 Å². The van der Waals surface area contributed by atoms with Crippen molar-refractivity contribution in [3.8, 4) is 0 Å². The van der Waals surface area contributed by atoms with E-state index < -0.39 is 5.60 Å². The van der Waals surface area contributed by atoms with Gasteiger partial charge in [-0.15, -0.1) is 0 Å². The Hall–Kier alpha value is -1.58. The van der Waals surface area contributed by atoms with Crippen molar-refractivity contribution < 1.29 is 9.53 Å². The third-order valence-electron chi connectivity index (χ3n) is 3.41. The number of amides is 1. The Kier molecular flexibility index (Phi) is 4.31. The van der Waals surface area contributed by atoms with E-state index in [0.717, 1.165) is 31.5 Å². The van der Waals surface area contributed by atoms with Crippen molar-refractivity contribution in [1.82, 2.24) is 9.88 Å². The molecule has 1 amide bonds. The van der Waals surface area contributed by atoms with Crippen LogP contribution in [0.5, 0.6) is 0 Å². The average molecular weight is 276 g/mol. The van der Waals surface area contributed by atoms with Gasteiger partial charge in [-0.3, -0.25) is 9.88 Å². The number of pyridine rings is 1. The summed E-state index contributed by atoms with van der Waals surface area (Å²) in [4.78, 5) is 18.6. The van der Waals surface area contributed by atoms with Crippen LogP contribution in [-0.2, 0) is 4.74 Å². The summed E-state index contributed by atoms with van der Waals surface area (Å²) in [6, 6.07) is 4.08. The van der Waals surface area contributed by atoms with E-state index >= 15 is 0 Å². The highest BCUT2D eigenvalue weighted by Crippen LogP contribution is 2.31. The SMILES string of the molecule is Cc1ccnc([C@H]2CCCCN2C(=O)OC(C)(C)C)c1. The van der Waals surface area contributed by atoms with Gasteiger partial charge < -0.3 is 4.74 Å². The summed E-state index contributed by atoms with van der Waals surface area (Å²) in [6.07, 6.45) is 4.69. The summed E-state index contributed by atoms with van der Waals surface area (Å²) in [6.45, 7) is 8.49. The molecule has 0 unspecified atom stereocenters. The Bertz CT molecular complexity index is 480. The topological polar surface area (TPSA) is 42.4 Å². The number of piperidine rings is 1. The summed E-state index contributed by atoms with van der Waals surface area (Å²) in [7, 11) is 0. The van der Waals surface area contributed by atoms with Crippen molar-refractivity contribution in [2.75, 3.05) is 6.54 Å². The van der Waals surface area contributed by atoms with Crippen LogP contribution in [-0.4, -0.2) is 28.1 Å². The molecule has 1 aliphatic heterocycles. The molecule has 1 aromatic heterocycles. The first-order valence-corrected chi connectivity index (χ1v) is 7.29. The number of rotatable bonds is 1. The van der Waals surface area contributed by atoms with Gasteiger partial charge in [0.15, 0.2) is 0 Å². The third-order valence-corrected chi connectivity index (χ3v) is 3.41. The fourth-order valence-electron chi connectivity index (χ4n) is 2.52. The minimum atomic E-state index is -0.459. The summed E-state index contributed by atoms with van der Waals surface area (Å²) >= 11 is 0. The Balaban J connectivity index is 2.19. The van der Waals surface area contributed by atoms with Crippen molar-refractivity contribution in [3.63, 3.8) is 0 Å². The van der Waals surface area contributed by atoms with E-state index in [0.29, 0.717) is 0 Å². The largest absolute Gasteiger partial charge is 0.444 e.